The van der Waals surface area contributed by atoms with E-state index in [0.717, 1.165) is 60.2 Å². The van der Waals surface area contributed by atoms with Gasteiger partial charge in [-0.3, -0.25) is 4.98 Å². The fourth-order valence-electron chi connectivity index (χ4n) is 5.63. The number of ether oxygens (including phenoxy) is 1. The van der Waals surface area contributed by atoms with Crippen LogP contribution in [0.4, 0.5) is 11.4 Å². The molecule has 6 rings (SSSR count). The first kappa shape index (κ1) is 27.3. The van der Waals surface area contributed by atoms with Crippen molar-refractivity contribution >= 4 is 46.3 Å². The van der Waals surface area contributed by atoms with Crippen LogP contribution in [0.2, 0.25) is 5.02 Å². The summed E-state index contributed by atoms with van der Waals surface area (Å²) in [4.78, 5) is 20.9. The van der Waals surface area contributed by atoms with Crippen molar-refractivity contribution in [1.82, 2.24) is 10.3 Å². The van der Waals surface area contributed by atoms with Gasteiger partial charge in [0.1, 0.15) is 17.6 Å². The molecule has 7 nitrogen and oxygen atoms in total. The number of hydrogen-bond acceptors (Lipinski definition) is 6. The van der Waals surface area contributed by atoms with Gasteiger partial charge in [0.15, 0.2) is 5.11 Å². The molecule has 0 spiro atoms. The largest absolute Gasteiger partial charge is 0.465 e. The molecule has 0 unspecified atom stereocenters. The standard InChI is InChI=1S/C32H31ClN4O3S/c1-20-14-17-36(18-15-20)26-11-10-23(19-24(26)33)37-30(29(35-32(37)41)25-5-3-4-16-34-25)28-13-12-27(40-28)21-6-8-22(9-7-21)31(38)39-2/h3-13,16,19-20,29-30H,14-15,17-18H2,1-2H3,(H,35,41)/t29-,30-/m1/s1. The number of carbonyl (C=O) groups excluding carboxylic acids is 1. The molecule has 2 saturated heterocycles. The molecule has 2 fully saturated rings. The van der Waals surface area contributed by atoms with Crippen LogP contribution in [0.1, 0.15) is 53.7 Å². The molecule has 0 bridgehead atoms. The van der Waals surface area contributed by atoms with Gasteiger partial charge in [0.2, 0.25) is 0 Å². The molecule has 210 valence electrons. The van der Waals surface area contributed by atoms with Crippen molar-refractivity contribution in [3.63, 3.8) is 0 Å². The average molecular weight is 587 g/mol. The van der Waals surface area contributed by atoms with Crippen LogP contribution in [0.3, 0.4) is 0 Å². The predicted molar refractivity (Wildman–Crippen MR) is 165 cm³/mol. The minimum Gasteiger partial charge on any atom is -0.465 e. The second kappa shape index (κ2) is 11.5. The highest BCUT2D eigenvalue weighted by molar-refractivity contribution is 7.80. The monoisotopic (exact) mass is 586 g/mol. The van der Waals surface area contributed by atoms with Crippen LogP contribution in [0.25, 0.3) is 11.3 Å². The van der Waals surface area contributed by atoms with Crippen molar-refractivity contribution in [3.8, 4) is 11.3 Å². The Balaban J connectivity index is 1.35. The number of halogens is 1. The number of methoxy groups -OCH3 is 1. The number of esters is 1. The lowest BCUT2D eigenvalue weighted by Crippen LogP contribution is -2.33. The molecule has 2 aromatic heterocycles. The highest BCUT2D eigenvalue weighted by Crippen LogP contribution is 2.44. The van der Waals surface area contributed by atoms with E-state index < -0.39 is 0 Å². The van der Waals surface area contributed by atoms with E-state index in [2.05, 4.69) is 39.2 Å². The molecule has 2 aliphatic rings. The van der Waals surface area contributed by atoms with Gasteiger partial charge in [-0.15, -0.1) is 0 Å². The van der Waals surface area contributed by atoms with E-state index >= 15 is 0 Å². The Bertz CT molecular complexity index is 1550. The molecule has 4 aromatic rings. The van der Waals surface area contributed by atoms with Gasteiger partial charge >= 0.3 is 5.97 Å². The number of pyridine rings is 1. The number of furan rings is 1. The molecule has 9 heteroatoms. The van der Waals surface area contributed by atoms with Crippen molar-refractivity contribution in [2.24, 2.45) is 5.92 Å². The van der Waals surface area contributed by atoms with Gasteiger partial charge in [0.05, 0.1) is 35.1 Å². The number of rotatable bonds is 6. The molecule has 0 saturated carbocycles. The molecule has 4 heterocycles. The topological polar surface area (TPSA) is 70.8 Å². The smallest absolute Gasteiger partial charge is 0.337 e. The van der Waals surface area contributed by atoms with Crippen molar-refractivity contribution in [3.05, 3.63) is 101 Å². The summed E-state index contributed by atoms with van der Waals surface area (Å²) in [6.45, 7) is 4.31. The maximum absolute atomic E-state index is 11.9. The van der Waals surface area contributed by atoms with Crippen LogP contribution >= 0.6 is 23.8 Å². The van der Waals surface area contributed by atoms with Crippen molar-refractivity contribution < 1.29 is 13.9 Å². The Morgan fingerprint density at radius 1 is 1.07 bits per heavy atom. The Morgan fingerprint density at radius 2 is 1.85 bits per heavy atom. The van der Waals surface area contributed by atoms with Crippen LogP contribution in [0.5, 0.6) is 0 Å². The summed E-state index contributed by atoms with van der Waals surface area (Å²) in [7, 11) is 1.37. The quantitative estimate of drug-likeness (QED) is 0.188. The van der Waals surface area contributed by atoms with E-state index in [1.54, 1.807) is 18.3 Å². The number of carbonyl (C=O) groups is 1. The van der Waals surface area contributed by atoms with Gasteiger partial charge in [-0.05, 0) is 85.6 Å². The number of nitrogens with zero attached hydrogens (tertiary/aromatic N) is 3. The second-order valence-corrected chi connectivity index (χ2v) is 11.4. The SMILES string of the molecule is COC(=O)c1ccc(-c2ccc([C@@H]3[C@@H](c4ccccn4)NC(=S)N3c3ccc(N4CCC(C)CC4)c(Cl)c3)o2)cc1. The van der Waals surface area contributed by atoms with E-state index in [1.807, 2.05) is 48.5 Å². The summed E-state index contributed by atoms with van der Waals surface area (Å²) in [5.74, 6) is 1.77. The Kier molecular flexibility index (Phi) is 7.69. The van der Waals surface area contributed by atoms with Crippen LogP contribution in [0, 0.1) is 5.92 Å². The van der Waals surface area contributed by atoms with Crippen LogP contribution < -0.4 is 15.1 Å². The Morgan fingerprint density at radius 3 is 2.54 bits per heavy atom. The first-order valence-electron chi connectivity index (χ1n) is 13.8. The minimum atomic E-state index is -0.379. The Labute approximate surface area is 250 Å². The maximum Gasteiger partial charge on any atom is 0.337 e. The highest BCUT2D eigenvalue weighted by atomic mass is 35.5. The van der Waals surface area contributed by atoms with E-state index in [4.69, 9.17) is 33.0 Å². The molecule has 2 aromatic carbocycles. The summed E-state index contributed by atoms with van der Waals surface area (Å²) in [6, 6.07) is 22.5. The lowest BCUT2D eigenvalue weighted by atomic mass is 9.98. The fraction of sp³-hybridized carbons (Fsp3) is 0.281. The first-order valence-corrected chi connectivity index (χ1v) is 14.5. The molecule has 0 aliphatic carbocycles. The van der Waals surface area contributed by atoms with Gasteiger partial charge in [-0.2, -0.15) is 0 Å². The zero-order valence-electron chi connectivity index (χ0n) is 22.9. The Hall–Kier alpha value is -3.88. The van der Waals surface area contributed by atoms with E-state index in [1.165, 1.54) is 7.11 Å². The van der Waals surface area contributed by atoms with Gasteiger partial charge in [-0.25, -0.2) is 4.79 Å². The molecule has 0 amide bonds. The molecule has 41 heavy (non-hydrogen) atoms. The second-order valence-electron chi connectivity index (χ2n) is 10.6. The number of anilines is 2. The molecule has 2 atom stereocenters. The van der Waals surface area contributed by atoms with Crippen LogP contribution in [-0.2, 0) is 4.74 Å². The van der Waals surface area contributed by atoms with E-state index in [9.17, 15) is 4.79 Å². The summed E-state index contributed by atoms with van der Waals surface area (Å²) < 4.78 is 11.3. The maximum atomic E-state index is 11.9. The van der Waals surface area contributed by atoms with Crippen molar-refractivity contribution in [2.45, 2.75) is 31.8 Å². The van der Waals surface area contributed by atoms with Crippen LogP contribution in [0.15, 0.2) is 83.4 Å². The molecular formula is C32H31ClN4O3S. The van der Waals surface area contributed by atoms with Crippen molar-refractivity contribution in [1.29, 1.82) is 0 Å². The third-order valence-electron chi connectivity index (χ3n) is 7.94. The number of aromatic nitrogens is 1. The zero-order chi connectivity index (χ0) is 28.5. The molecular weight excluding hydrogens is 556 g/mol. The van der Waals surface area contributed by atoms with Gasteiger partial charge in [0, 0.05) is 30.5 Å². The van der Waals surface area contributed by atoms with Gasteiger partial charge < -0.3 is 24.3 Å². The first-order chi connectivity index (χ1) is 19.9. The highest BCUT2D eigenvalue weighted by Gasteiger charge is 2.43. The summed E-state index contributed by atoms with van der Waals surface area (Å²) in [5.41, 5.74) is 4.11. The molecule has 2 aliphatic heterocycles. The van der Waals surface area contributed by atoms with Gasteiger partial charge in [0.25, 0.3) is 0 Å². The fourth-order valence-corrected chi connectivity index (χ4v) is 6.27. The third-order valence-corrected chi connectivity index (χ3v) is 8.56. The minimum absolute atomic E-state index is 0.244. The summed E-state index contributed by atoms with van der Waals surface area (Å²) in [6.07, 6.45) is 4.11. The number of piperidine rings is 1. The lowest BCUT2D eigenvalue weighted by molar-refractivity contribution is 0.0600. The number of thiocarbonyl (C=S) groups is 1. The third kappa shape index (κ3) is 5.42. The average Bonchev–Trinajstić information content (AvgIpc) is 3.62. The summed E-state index contributed by atoms with van der Waals surface area (Å²) in [5, 5.41) is 4.75. The number of benzene rings is 2. The summed E-state index contributed by atoms with van der Waals surface area (Å²) >= 11 is 12.8. The number of nitrogens with one attached hydrogen (secondary N) is 1. The normalized spacial score (nSPS) is 19.3. The molecule has 0 radical (unpaired) electrons. The number of hydrogen-bond donors (Lipinski definition) is 1. The van der Waals surface area contributed by atoms with Gasteiger partial charge in [-0.1, -0.05) is 36.7 Å². The van der Waals surface area contributed by atoms with E-state index in [0.29, 0.717) is 21.5 Å². The van der Waals surface area contributed by atoms with Crippen LogP contribution in [-0.4, -0.2) is 36.3 Å². The van der Waals surface area contributed by atoms with E-state index in [-0.39, 0.29) is 18.1 Å². The zero-order valence-corrected chi connectivity index (χ0v) is 24.5. The lowest BCUT2D eigenvalue weighted by Gasteiger charge is -2.33. The predicted octanol–water partition coefficient (Wildman–Crippen LogP) is 7.20. The van der Waals surface area contributed by atoms with Crippen molar-refractivity contribution in [2.75, 3.05) is 30.0 Å². The molecule has 1 N–H and O–H groups in total.